The second-order valence-corrected chi connectivity index (χ2v) is 11.2. The number of sulfonamides is 1. The average molecular weight is 485 g/mol. The van der Waals surface area contributed by atoms with E-state index >= 15 is 0 Å². The third-order valence-corrected chi connectivity index (χ3v) is 8.24. The fourth-order valence-electron chi connectivity index (χ4n) is 4.03. The molecule has 0 bridgehead atoms. The summed E-state index contributed by atoms with van der Waals surface area (Å²) in [6, 6.07) is 4.50. The average Bonchev–Trinajstić information content (AvgIpc) is 3.64. The number of aliphatic hydroxyl groups is 1. The molecule has 1 aliphatic carbocycles. The molecular weight excluding hydrogens is 452 g/mol. The van der Waals surface area contributed by atoms with Crippen LogP contribution in [0.5, 0.6) is 5.75 Å². The first-order valence-electron chi connectivity index (χ1n) is 11.6. The van der Waals surface area contributed by atoms with Crippen molar-refractivity contribution in [1.82, 2.24) is 19.2 Å². The molecule has 34 heavy (non-hydrogen) atoms. The molecule has 0 unspecified atom stereocenters. The lowest BCUT2D eigenvalue weighted by molar-refractivity contribution is 0.0733. The molecule has 2 aromatic rings. The Hall–Kier alpha value is -2.51. The maximum atomic E-state index is 13.6. The van der Waals surface area contributed by atoms with E-state index < -0.39 is 16.1 Å². The van der Waals surface area contributed by atoms with Crippen molar-refractivity contribution in [3.05, 3.63) is 48.0 Å². The van der Waals surface area contributed by atoms with Gasteiger partial charge in [-0.25, -0.2) is 18.4 Å². The molecule has 8 nitrogen and oxygen atoms in total. The highest BCUT2D eigenvalue weighted by molar-refractivity contribution is 7.89. The zero-order chi connectivity index (χ0) is 24.3. The SMILES string of the molecule is C[C@@H]1CN([C@@H](C)CO)S(=O)(=O)c2ccc(C#CC3CC3)cc2O[C@H]1CN(C)Cc1cncnc1. The highest BCUT2D eigenvalue weighted by Crippen LogP contribution is 2.34. The van der Waals surface area contributed by atoms with Gasteiger partial charge in [-0.15, -0.1) is 0 Å². The topological polar surface area (TPSA) is 95.9 Å². The largest absolute Gasteiger partial charge is 0.487 e. The highest BCUT2D eigenvalue weighted by atomic mass is 32.2. The number of fused-ring (bicyclic) bond motifs is 1. The van der Waals surface area contributed by atoms with Gasteiger partial charge in [0.2, 0.25) is 10.0 Å². The molecule has 1 fully saturated rings. The monoisotopic (exact) mass is 484 g/mol. The van der Waals surface area contributed by atoms with E-state index in [0.29, 0.717) is 24.8 Å². The fraction of sp³-hybridized carbons (Fsp3) is 0.520. The molecule has 1 aliphatic heterocycles. The Labute approximate surface area is 202 Å². The number of hydrogen-bond donors (Lipinski definition) is 1. The van der Waals surface area contributed by atoms with E-state index in [0.717, 1.165) is 24.0 Å². The summed E-state index contributed by atoms with van der Waals surface area (Å²) in [7, 11) is -1.86. The molecule has 0 amide bonds. The molecule has 0 radical (unpaired) electrons. The lowest BCUT2D eigenvalue weighted by Crippen LogP contribution is -2.49. The Bertz CT molecular complexity index is 1160. The number of aromatic nitrogens is 2. The van der Waals surface area contributed by atoms with Crippen LogP contribution in [0.1, 0.15) is 37.8 Å². The van der Waals surface area contributed by atoms with Gasteiger partial charge in [-0.05, 0) is 45.0 Å². The smallest absolute Gasteiger partial charge is 0.247 e. The first-order valence-corrected chi connectivity index (χ1v) is 13.1. The molecule has 4 rings (SSSR count). The van der Waals surface area contributed by atoms with Crippen LogP contribution < -0.4 is 4.74 Å². The van der Waals surface area contributed by atoms with Gasteiger partial charge >= 0.3 is 0 Å². The lowest BCUT2D eigenvalue weighted by Gasteiger charge is -2.37. The maximum Gasteiger partial charge on any atom is 0.247 e. The van der Waals surface area contributed by atoms with Crippen molar-refractivity contribution >= 4 is 10.0 Å². The zero-order valence-corrected chi connectivity index (χ0v) is 20.7. The van der Waals surface area contributed by atoms with Crippen molar-refractivity contribution < 1.29 is 18.3 Å². The van der Waals surface area contributed by atoms with Gasteiger partial charge in [-0.3, -0.25) is 4.90 Å². The Balaban J connectivity index is 1.66. The molecule has 0 saturated heterocycles. The van der Waals surface area contributed by atoms with E-state index in [-0.39, 0.29) is 30.1 Å². The third-order valence-electron chi connectivity index (χ3n) is 6.22. The van der Waals surface area contributed by atoms with Gasteiger partial charge in [0, 0.05) is 61.0 Å². The minimum absolute atomic E-state index is 0.112. The fourth-order valence-corrected chi connectivity index (χ4v) is 5.86. The van der Waals surface area contributed by atoms with Crippen molar-refractivity contribution in [3.8, 4) is 17.6 Å². The number of hydrogen-bond acceptors (Lipinski definition) is 7. The Morgan fingerprint density at radius 1 is 1.29 bits per heavy atom. The highest BCUT2D eigenvalue weighted by Gasteiger charge is 2.38. The molecule has 0 spiro atoms. The van der Waals surface area contributed by atoms with E-state index in [9.17, 15) is 13.5 Å². The number of ether oxygens (including phenoxy) is 1. The van der Waals surface area contributed by atoms with E-state index in [4.69, 9.17) is 4.74 Å². The van der Waals surface area contributed by atoms with Gasteiger partial charge in [0.15, 0.2) is 0 Å². The first kappa shape index (κ1) is 24.6. The van der Waals surface area contributed by atoms with Gasteiger partial charge in [-0.1, -0.05) is 18.8 Å². The Morgan fingerprint density at radius 3 is 2.71 bits per heavy atom. The van der Waals surface area contributed by atoms with E-state index in [1.165, 1.54) is 10.6 Å². The van der Waals surface area contributed by atoms with Crippen molar-refractivity contribution in [3.63, 3.8) is 0 Å². The van der Waals surface area contributed by atoms with Crippen LogP contribution in [-0.2, 0) is 16.6 Å². The number of aliphatic hydroxyl groups excluding tert-OH is 1. The molecule has 3 atom stereocenters. The van der Waals surface area contributed by atoms with Gasteiger partial charge in [0.25, 0.3) is 0 Å². The van der Waals surface area contributed by atoms with Gasteiger partial charge in [0.1, 0.15) is 23.1 Å². The minimum atomic E-state index is -3.85. The number of rotatable bonds is 6. The van der Waals surface area contributed by atoms with Gasteiger partial charge in [-0.2, -0.15) is 4.31 Å². The van der Waals surface area contributed by atoms with E-state index in [1.54, 1.807) is 37.5 Å². The number of likely N-dealkylation sites (N-methyl/N-ethyl adjacent to an activating group) is 1. The van der Waals surface area contributed by atoms with Crippen molar-refractivity contribution in [2.45, 2.75) is 50.3 Å². The summed E-state index contributed by atoms with van der Waals surface area (Å²) in [5, 5.41) is 9.79. The predicted octanol–water partition coefficient (Wildman–Crippen LogP) is 2.14. The van der Waals surface area contributed by atoms with Crippen LogP contribution >= 0.6 is 0 Å². The molecule has 9 heteroatoms. The summed E-state index contributed by atoms with van der Waals surface area (Å²) in [5.74, 6) is 7.02. The van der Waals surface area contributed by atoms with Crippen LogP contribution in [0.3, 0.4) is 0 Å². The van der Waals surface area contributed by atoms with E-state index in [2.05, 4.69) is 26.7 Å². The van der Waals surface area contributed by atoms with Crippen molar-refractivity contribution in [1.29, 1.82) is 0 Å². The Morgan fingerprint density at radius 2 is 2.03 bits per heavy atom. The van der Waals surface area contributed by atoms with Crippen LogP contribution in [0.2, 0.25) is 0 Å². The normalized spacial score (nSPS) is 23.1. The summed E-state index contributed by atoms with van der Waals surface area (Å²) in [5.41, 5.74) is 1.73. The summed E-state index contributed by atoms with van der Waals surface area (Å²) in [6.07, 6.45) is 7.03. The molecule has 1 aromatic carbocycles. The number of benzene rings is 1. The summed E-state index contributed by atoms with van der Waals surface area (Å²) in [4.78, 5) is 10.4. The second kappa shape index (κ2) is 10.4. The van der Waals surface area contributed by atoms with Crippen LogP contribution in [0, 0.1) is 23.7 Å². The van der Waals surface area contributed by atoms with Crippen LogP contribution in [0.4, 0.5) is 0 Å². The van der Waals surface area contributed by atoms with Crippen LogP contribution in [0.15, 0.2) is 41.8 Å². The molecule has 2 aliphatic rings. The predicted molar refractivity (Wildman–Crippen MR) is 128 cm³/mol. The molecule has 2 heterocycles. The lowest BCUT2D eigenvalue weighted by atomic mass is 10.0. The van der Waals surface area contributed by atoms with Crippen molar-refractivity contribution in [2.24, 2.45) is 11.8 Å². The molecule has 182 valence electrons. The summed E-state index contributed by atoms with van der Waals surface area (Å²) >= 11 is 0. The van der Waals surface area contributed by atoms with Crippen LogP contribution in [-0.4, -0.2) is 71.6 Å². The second-order valence-electron chi connectivity index (χ2n) is 9.39. The molecule has 1 N–H and O–H groups in total. The first-order chi connectivity index (χ1) is 16.3. The molecule has 1 aromatic heterocycles. The van der Waals surface area contributed by atoms with Crippen LogP contribution in [0.25, 0.3) is 0 Å². The van der Waals surface area contributed by atoms with Crippen molar-refractivity contribution in [2.75, 3.05) is 26.7 Å². The third kappa shape index (κ3) is 5.76. The number of nitrogens with zero attached hydrogens (tertiary/aromatic N) is 4. The summed E-state index contributed by atoms with van der Waals surface area (Å²) < 4.78 is 34.9. The standard InChI is InChI=1S/C25H32N4O4S/c1-18-13-29(19(2)16-30)34(31,32)25-9-8-21(7-6-20-4-5-20)10-23(25)33-24(18)15-28(3)14-22-11-26-17-27-12-22/h8-12,17-20,24,30H,4-5,13-16H2,1-3H3/t18-,19+,24+/m1/s1. The van der Waals surface area contributed by atoms with Gasteiger partial charge in [0.05, 0.1) is 6.61 Å². The molecule has 1 saturated carbocycles. The van der Waals surface area contributed by atoms with Gasteiger partial charge < -0.3 is 9.84 Å². The summed E-state index contributed by atoms with van der Waals surface area (Å²) in [6.45, 7) is 4.92. The van der Waals surface area contributed by atoms with E-state index in [1.807, 2.05) is 14.0 Å². The maximum absolute atomic E-state index is 13.6. The Kier molecular flexibility index (Phi) is 7.53. The minimum Gasteiger partial charge on any atom is -0.487 e. The molecular formula is C25H32N4O4S. The zero-order valence-electron chi connectivity index (χ0n) is 19.9. The quantitative estimate of drug-likeness (QED) is 0.628.